The summed E-state index contributed by atoms with van der Waals surface area (Å²) in [6, 6.07) is 4.51. The summed E-state index contributed by atoms with van der Waals surface area (Å²) in [4.78, 5) is 19.5. The van der Waals surface area contributed by atoms with Gasteiger partial charge in [0.2, 0.25) is 0 Å². The quantitative estimate of drug-likeness (QED) is 0.568. The van der Waals surface area contributed by atoms with Crippen molar-refractivity contribution >= 4 is 35.1 Å². The van der Waals surface area contributed by atoms with Crippen molar-refractivity contribution in [3.8, 4) is 5.75 Å². The predicted molar refractivity (Wildman–Crippen MR) is 66.8 cm³/mol. The SMILES string of the molecule is C=C(C)C(=O)[O-].O=C([O-])COc1ccc(Cl)cc1Cl.[Cu+]. The molecule has 0 bridgehead atoms. The van der Waals surface area contributed by atoms with Crippen LogP contribution in [0.1, 0.15) is 6.92 Å². The number of carboxylic acid groups (broad SMARTS) is 2. The minimum Gasteiger partial charge on any atom is -0.546 e. The number of ether oxygens (including phenoxy) is 1. The molecule has 0 aliphatic heterocycles. The molecule has 0 aliphatic carbocycles. The molecule has 0 radical (unpaired) electrons. The number of aliphatic carboxylic acids is 2. The molecule has 20 heavy (non-hydrogen) atoms. The summed E-state index contributed by atoms with van der Waals surface area (Å²) in [5.74, 6) is -2.21. The Hall–Kier alpha value is -1.20. The molecule has 0 spiro atoms. The minimum atomic E-state index is -1.30. The topological polar surface area (TPSA) is 89.5 Å². The van der Waals surface area contributed by atoms with Gasteiger partial charge in [-0.05, 0) is 30.7 Å². The van der Waals surface area contributed by atoms with Gasteiger partial charge in [-0.2, -0.15) is 0 Å². The monoisotopic (exact) mass is 367 g/mol. The third-order valence-electron chi connectivity index (χ3n) is 1.59. The van der Waals surface area contributed by atoms with Crippen LogP contribution in [-0.2, 0) is 26.7 Å². The van der Waals surface area contributed by atoms with Crippen LogP contribution in [0.5, 0.6) is 5.75 Å². The van der Waals surface area contributed by atoms with Crippen molar-refractivity contribution in [3.63, 3.8) is 0 Å². The predicted octanol–water partition coefficient (Wildman–Crippen LogP) is 0.432. The second-order valence-corrected chi connectivity index (χ2v) is 4.15. The Morgan fingerprint density at radius 1 is 1.30 bits per heavy atom. The Balaban J connectivity index is 0. The molecule has 1 aromatic carbocycles. The van der Waals surface area contributed by atoms with Crippen LogP contribution in [0.4, 0.5) is 0 Å². The molecule has 0 aromatic heterocycles. The van der Waals surface area contributed by atoms with E-state index < -0.39 is 18.5 Å². The molecule has 0 N–H and O–H groups in total. The van der Waals surface area contributed by atoms with Gasteiger partial charge in [-0.15, -0.1) is 0 Å². The molecule has 5 nitrogen and oxygen atoms in total. The molecule has 1 aromatic rings. The number of hydrogen-bond acceptors (Lipinski definition) is 5. The first-order valence-corrected chi connectivity index (χ1v) is 5.64. The second kappa shape index (κ2) is 10.6. The maximum Gasteiger partial charge on any atom is 1.00 e. The van der Waals surface area contributed by atoms with Crippen molar-refractivity contribution in [3.05, 3.63) is 40.4 Å². The van der Waals surface area contributed by atoms with Crippen LogP contribution < -0.4 is 14.9 Å². The smallest absolute Gasteiger partial charge is 0.546 e. The van der Waals surface area contributed by atoms with E-state index in [0.717, 1.165) is 0 Å². The van der Waals surface area contributed by atoms with Crippen molar-refractivity contribution < 1.29 is 41.6 Å². The van der Waals surface area contributed by atoms with E-state index in [2.05, 4.69) is 6.58 Å². The molecule has 114 valence electrons. The van der Waals surface area contributed by atoms with Crippen LogP contribution in [0.3, 0.4) is 0 Å². The van der Waals surface area contributed by atoms with E-state index in [9.17, 15) is 19.8 Å². The van der Waals surface area contributed by atoms with Crippen LogP contribution >= 0.6 is 23.2 Å². The summed E-state index contributed by atoms with van der Waals surface area (Å²) in [5.41, 5.74) is 0.0648. The van der Waals surface area contributed by atoms with E-state index in [4.69, 9.17) is 27.9 Å². The number of carboxylic acids is 2. The Kier molecular flexibility index (Phi) is 11.2. The van der Waals surface area contributed by atoms with Gasteiger partial charge >= 0.3 is 17.1 Å². The van der Waals surface area contributed by atoms with Crippen molar-refractivity contribution in [1.29, 1.82) is 0 Å². The number of hydrogen-bond donors (Lipinski definition) is 0. The van der Waals surface area contributed by atoms with Crippen LogP contribution in [-0.4, -0.2) is 18.5 Å². The number of carbonyl (C=O) groups is 2. The third kappa shape index (κ3) is 9.69. The van der Waals surface area contributed by atoms with Gasteiger partial charge in [0.05, 0.1) is 17.0 Å². The van der Waals surface area contributed by atoms with Gasteiger partial charge in [-0.1, -0.05) is 29.8 Å². The summed E-state index contributed by atoms with van der Waals surface area (Å²) in [6.45, 7) is 3.95. The first kappa shape index (κ1) is 21.1. The normalized spacial score (nSPS) is 8.55. The maximum atomic E-state index is 10.0. The van der Waals surface area contributed by atoms with Gasteiger partial charge in [-0.25, -0.2) is 0 Å². The number of carbonyl (C=O) groups excluding carboxylic acids is 2. The number of halogens is 2. The standard InChI is InChI=1S/C8H6Cl2O3.C4H6O2.Cu/c9-5-1-2-7(6(10)3-5)13-4-8(11)12;1-3(2)4(5)6;/h1-3H,4H2,(H,11,12);1H2,2H3,(H,5,6);/q;;+1/p-2. The molecule has 0 aliphatic rings. The molecular formula is C12H10Cl2CuO5-. The molecular weight excluding hydrogens is 359 g/mol. The summed E-state index contributed by atoms with van der Waals surface area (Å²) in [6.07, 6.45) is 0. The molecule has 0 heterocycles. The summed E-state index contributed by atoms with van der Waals surface area (Å²) in [7, 11) is 0. The van der Waals surface area contributed by atoms with Gasteiger partial charge < -0.3 is 24.5 Å². The van der Waals surface area contributed by atoms with E-state index in [1.54, 1.807) is 6.07 Å². The number of benzene rings is 1. The van der Waals surface area contributed by atoms with E-state index in [-0.39, 0.29) is 33.4 Å². The molecule has 0 amide bonds. The van der Waals surface area contributed by atoms with Crippen LogP contribution in [0.15, 0.2) is 30.4 Å². The molecule has 1 rings (SSSR count). The fraction of sp³-hybridized carbons (Fsp3) is 0.167. The first-order chi connectivity index (χ1) is 8.73. The average molecular weight is 369 g/mol. The molecule has 0 unspecified atom stereocenters. The zero-order valence-corrected chi connectivity index (χ0v) is 12.7. The van der Waals surface area contributed by atoms with Gasteiger partial charge in [0.25, 0.3) is 0 Å². The molecule has 0 atom stereocenters. The van der Waals surface area contributed by atoms with E-state index in [0.29, 0.717) is 5.02 Å². The van der Waals surface area contributed by atoms with Crippen LogP contribution in [0.25, 0.3) is 0 Å². The summed E-state index contributed by atoms with van der Waals surface area (Å²) >= 11 is 11.3. The largest absolute Gasteiger partial charge is 1.00 e. The Morgan fingerprint density at radius 2 is 1.80 bits per heavy atom. The number of rotatable bonds is 4. The van der Waals surface area contributed by atoms with Crippen LogP contribution in [0, 0.1) is 0 Å². The van der Waals surface area contributed by atoms with Gasteiger partial charge in [0.1, 0.15) is 12.4 Å². The fourth-order valence-electron chi connectivity index (χ4n) is 0.729. The Bertz CT molecular complexity index is 479. The minimum absolute atomic E-state index is 0. The molecule has 8 heteroatoms. The molecule has 0 saturated carbocycles. The Morgan fingerprint density at radius 3 is 2.15 bits per heavy atom. The zero-order chi connectivity index (χ0) is 15.0. The third-order valence-corrected chi connectivity index (χ3v) is 2.12. The average Bonchev–Trinajstić information content (AvgIpc) is 2.28. The van der Waals surface area contributed by atoms with Crippen LogP contribution in [0.2, 0.25) is 10.0 Å². The van der Waals surface area contributed by atoms with E-state index in [1.165, 1.54) is 19.1 Å². The molecule has 0 fully saturated rings. The zero-order valence-electron chi connectivity index (χ0n) is 10.2. The van der Waals surface area contributed by atoms with E-state index in [1.807, 2.05) is 0 Å². The van der Waals surface area contributed by atoms with Gasteiger partial charge in [-0.3, -0.25) is 0 Å². The fourth-order valence-corrected chi connectivity index (χ4v) is 1.19. The van der Waals surface area contributed by atoms with Crippen molar-refractivity contribution in [2.45, 2.75) is 6.92 Å². The van der Waals surface area contributed by atoms with Gasteiger partial charge in [0, 0.05) is 5.02 Å². The second-order valence-electron chi connectivity index (χ2n) is 3.30. The molecule has 0 saturated heterocycles. The summed E-state index contributed by atoms with van der Waals surface area (Å²) in [5, 5.41) is 20.3. The van der Waals surface area contributed by atoms with Gasteiger partial charge in [0.15, 0.2) is 0 Å². The van der Waals surface area contributed by atoms with Crippen molar-refractivity contribution in [2.75, 3.05) is 6.61 Å². The van der Waals surface area contributed by atoms with E-state index >= 15 is 0 Å². The van der Waals surface area contributed by atoms with Crippen molar-refractivity contribution in [2.24, 2.45) is 0 Å². The Labute approximate surface area is 136 Å². The van der Waals surface area contributed by atoms with Crippen molar-refractivity contribution in [1.82, 2.24) is 0 Å². The summed E-state index contributed by atoms with van der Waals surface area (Å²) < 4.78 is 4.80. The maximum absolute atomic E-state index is 10.0. The first-order valence-electron chi connectivity index (χ1n) is 4.88.